The van der Waals surface area contributed by atoms with Crippen molar-refractivity contribution in [2.24, 2.45) is 11.7 Å². The van der Waals surface area contributed by atoms with Crippen LogP contribution in [0, 0.1) is 5.92 Å². The molecule has 0 heterocycles. The van der Waals surface area contributed by atoms with Crippen LogP contribution in [0.3, 0.4) is 0 Å². The van der Waals surface area contributed by atoms with Crippen molar-refractivity contribution in [2.45, 2.75) is 50.6 Å². The van der Waals surface area contributed by atoms with Crippen LogP contribution >= 0.6 is 0 Å². The lowest BCUT2D eigenvalue weighted by Crippen LogP contribution is -2.38. The molecule has 2 rings (SSSR count). The Morgan fingerprint density at radius 2 is 2.23 bits per heavy atom. The van der Waals surface area contributed by atoms with Crippen molar-refractivity contribution in [1.29, 1.82) is 0 Å². The van der Waals surface area contributed by atoms with Crippen LogP contribution in [0.5, 0.6) is 0 Å². The molecule has 0 aliphatic heterocycles. The molecule has 0 spiro atoms. The molecule has 2 saturated carbocycles. The molecule has 3 N–H and O–H groups in total. The summed E-state index contributed by atoms with van der Waals surface area (Å²) in [7, 11) is 0. The fraction of sp³-hybridized carbons (Fsp3) is 0.900. The molecule has 74 valence electrons. The van der Waals surface area contributed by atoms with E-state index in [4.69, 9.17) is 5.73 Å². The molecule has 2 aliphatic rings. The maximum atomic E-state index is 11.5. The normalized spacial score (nSPS) is 26.6. The maximum Gasteiger partial charge on any atom is 0.221 e. The van der Waals surface area contributed by atoms with Gasteiger partial charge < -0.3 is 11.1 Å². The third-order valence-corrected chi connectivity index (χ3v) is 3.09. The van der Waals surface area contributed by atoms with Crippen LogP contribution in [0.25, 0.3) is 0 Å². The van der Waals surface area contributed by atoms with E-state index in [1.165, 1.54) is 12.8 Å². The SMILES string of the molecule is CC1(NC(=O)CC(N)C2CC2)CC1. The highest BCUT2D eigenvalue weighted by atomic mass is 16.1. The topological polar surface area (TPSA) is 55.1 Å². The molecule has 1 amide bonds. The standard InChI is InChI=1S/C10H18N2O/c1-10(4-5-10)12-9(13)6-8(11)7-2-3-7/h7-8H,2-6,11H2,1H3,(H,12,13). The van der Waals surface area contributed by atoms with Gasteiger partial charge in [0.05, 0.1) is 0 Å². The fourth-order valence-corrected chi connectivity index (χ4v) is 1.61. The lowest BCUT2D eigenvalue weighted by molar-refractivity contribution is -0.122. The highest BCUT2D eigenvalue weighted by Crippen LogP contribution is 2.35. The Labute approximate surface area is 79.1 Å². The first-order valence-corrected chi connectivity index (χ1v) is 5.16. The van der Waals surface area contributed by atoms with Gasteiger partial charge in [-0.05, 0) is 38.5 Å². The van der Waals surface area contributed by atoms with E-state index in [-0.39, 0.29) is 17.5 Å². The van der Waals surface area contributed by atoms with Gasteiger partial charge in [-0.2, -0.15) is 0 Å². The van der Waals surface area contributed by atoms with Crippen LogP contribution in [0.15, 0.2) is 0 Å². The van der Waals surface area contributed by atoms with Crippen LogP contribution in [0.1, 0.15) is 39.0 Å². The summed E-state index contributed by atoms with van der Waals surface area (Å²) in [5, 5.41) is 3.02. The highest BCUT2D eigenvalue weighted by Gasteiger charge is 2.39. The second kappa shape index (κ2) is 2.98. The van der Waals surface area contributed by atoms with Crippen molar-refractivity contribution < 1.29 is 4.79 Å². The van der Waals surface area contributed by atoms with Crippen molar-refractivity contribution >= 4 is 5.91 Å². The predicted octanol–water partition coefficient (Wildman–Crippen LogP) is 0.782. The van der Waals surface area contributed by atoms with E-state index in [0.717, 1.165) is 12.8 Å². The summed E-state index contributed by atoms with van der Waals surface area (Å²) in [6.45, 7) is 2.09. The average molecular weight is 182 g/mol. The molecule has 13 heavy (non-hydrogen) atoms. The quantitative estimate of drug-likeness (QED) is 0.675. The van der Waals surface area contributed by atoms with Crippen LogP contribution < -0.4 is 11.1 Å². The zero-order chi connectivity index (χ0) is 9.47. The van der Waals surface area contributed by atoms with Gasteiger partial charge in [0.1, 0.15) is 0 Å². The third-order valence-electron chi connectivity index (χ3n) is 3.09. The number of hydrogen-bond donors (Lipinski definition) is 2. The van der Waals surface area contributed by atoms with Gasteiger partial charge in [-0.1, -0.05) is 0 Å². The molecule has 2 aliphatic carbocycles. The van der Waals surface area contributed by atoms with Crippen LogP contribution in [0.2, 0.25) is 0 Å². The third kappa shape index (κ3) is 2.44. The van der Waals surface area contributed by atoms with Crippen molar-refractivity contribution in [1.82, 2.24) is 5.32 Å². The molecule has 3 nitrogen and oxygen atoms in total. The minimum atomic E-state index is 0.0994. The van der Waals surface area contributed by atoms with E-state index < -0.39 is 0 Å². The molecule has 3 heteroatoms. The van der Waals surface area contributed by atoms with E-state index in [1.807, 2.05) is 0 Å². The predicted molar refractivity (Wildman–Crippen MR) is 51.1 cm³/mol. The van der Waals surface area contributed by atoms with E-state index in [9.17, 15) is 4.79 Å². The van der Waals surface area contributed by atoms with Gasteiger partial charge in [0.2, 0.25) is 5.91 Å². The van der Waals surface area contributed by atoms with Gasteiger partial charge in [-0.3, -0.25) is 4.79 Å². The molecule has 0 radical (unpaired) electrons. The van der Waals surface area contributed by atoms with Crippen molar-refractivity contribution in [3.8, 4) is 0 Å². The van der Waals surface area contributed by atoms with Crippen LogP contribution in [-0.4, -0.2) is 17.5 Å². The summed E-state index contributed by atoms with van der Waals surface area (Å²) in [4.78, 5) is 11.5. The Kier molecular flexibility index (Phi) is 2.06. The van der Waals surface area contributed by atoms with Crippen molar-refractivity contribution in [3.63, 3.8) is 0 Å². The van der Waals surface area contributed by atoms with Gasteiger partial charge in [-0.25, -0.2) is 0 Å². The molecule has 0 aromatic carbocycles. The minimum absolute atomic E-state index is 0.0994. The molecule has 2 fully saturated rings. The molecule has 0 aromatic heterocycles. The molecular weight excluding hydrogens is 164 g/mol. The molecule has 0 bridgehead atoms. The van der Waals surface area contributed by atoms with Gasteiger partial charge in [0.15, 0.2) is 0 Å². The Hall–Kier alpha value is -0.570. The Bertz CT molecular complexity index is 219. The smallest absolute Gasteiger partial charge is 0.221 e. The monoisotopic (exact) mass is 182 g/mol. The summed E-state index contributed by atoms with van der Waals surface area (Å²) in [5.41, 5.74) is 5.97. The van der Waals surface area contributed by atoms with Crippen molar-refractivity contribution in [2.75, 3.05) is 0 Å². The van der Waals surface area contributed by atoms with Gasteiger partial charge in [0.25, 0.3) is 0 Å². The maximum absolute atomic E-state index is 11.5. The molecule has 1 unspecified atom stereocenters. The summed E-state index contributed by atoms with van der Waals surface area (Å²) >= 11 is 0. The first-order valence-electron chi connectivity index (χ1n) is 5.16. The zero-order valence-electron chi connectivity index (χ0n) is 8.18. The number of nitrogens with one attached hydrogen (secondary N) is 1. The lowest BCUT2D eigenvalue weighted by Gasteiger charge is -2.14. The van der Waals surface area contributed by atoms with Crippen LogP contribution in [0.4, 0.5) is 0 Å². The first kappa shape index (κ1) is 9.00. The summed E-state index contributed by atoms with van der Waals surface area (Å²) in [6.07, 6.45) is 5.19. The molecule has 0 aromatic rings. The largest absolute Gasteiger partial charge is 0.351 e. The second-order valence-electron chi connectivity index (χ2n) is 4.81. The fourth-order valence-electron chi connectivity index (χ4n) is 1.61. The van der Waals surface area contributed by atoms with Gasteiger partial charge in [0, 0.05) is 18.0 Å². The summed E-state index contributed by atoms with van der Waals surface area (Å²) in [5.74, 6) is 0.761. The highest BCUT2D eigenvalue weighted by molar-refractivity contribution is 5.77. The number of carbonyl (C=O) groups excluding carboxylic acids is 1. The molecular formula is C10H18N2O. The molecule has 0 saturated heterocycles. The summed E-state index contributed by atoms with van der Waals surface area (Å²) < 4.78 is 0. The summed E-state index contributed by atoms with van der Waals surface area (Å²) in [6, 6.07) is 0.0994. The minimum Gasteiger partial charge on any atom is -0.351 e. The number of carbonyl (C=O) groups is 1. The van der Waals surface area contributed by atoms with E-state index >= 15 is 0 Å². The lowest BCUT2D eigenvalue weighted by atomic mass is 10.1. The zero-order valence-corrected chi connectivity index (χ0v) is 8.18. The van der Waals surface area contributed by atoms with Gasteiger partial charge >= 0.3 is 0 Å². The number of nitrogens with two attached hydrogens (primary N) is 1. The number of rotatable bonds is 4. The number of hydrogen-bond acceptors (Lipinski definition) is 2. The van der Waals surface area contributed by atoms with Gasteiger partial charge in [-0.15, -0.1) is 0 Å². The second-order valence-corrected chi connectivity index (χ2v) is 4.81. The van der Waals surface area contributed by atoms with E-state index in [2.05, 4.69) is 12.2 Å². The Morgan fingerprint density at radius 1 is 1.62 bits per heavy atom. The average Bonchev–Trinajstić information content (AvgIpc) is 2.82. The Morgan fingerprint density at radius 3 is 2.69 bits per heavy atom. The first-order chi connectivity index (χ1) is 6.09. The van der Waals surface area contributed by atoms with E-state index in [1.54, 1.807) is 0 Å². The number of amides is 1. The van der Waals surface area contributed by atoms with Crippen LogP contribution in [-0.2, 0) is 4.79 Å². The van der Waals surface area contributed by atoms with Crippen molar-refractivity contribution in [3.05, 3.63) is 0 Å². The van der Waals surface area contributed by atoms with E-state index in [0.29, 0.717) is 12.3 Å². The Balaban J connectivity index is 1.71. The molecule has 1 atom stereocenters.